The summed E-state index contributed by atoms with van der Waals surface area (Å²) in [5.74, 6) is -3.87. The molecular formula is C10H14F3NO5. The maximum absolute atomic E-state index is 12.0. The molecule has 0 aliphatic carbocycles. The van der Waals surface area contributed by atoms with E-state index in [1.165, 1.54) is 5.32 Å². The van der Waals surface area contributed by atoms with Crippen molar-refractivity contribution in [1.29, 1.82) is 0 Å². The maximum Gasteiger partial charge on any atom is 0.471 e. The number of rotatable bonds is 5. The topological polar surface area (TPSA) is 84.9 Å². The Morgan fingerprint density at radius 2 is 1.95 bits per heavy atom. The fourth-order valence-electron chi connectivity index (χ4n) is 1.49. The highest BCUT2D eigenvalue weighted by molar-refractivity contribution is 5.86. The van der Waals surface area contributed by atoms with Crippen LogP contribution in [0.5, 0.6) is 0 Å². The first-order valence-corrected chi connectivity index (χ1v) is 5.60. The molecule has 1 amide bonds. The second kappa shape index (κ2) is 6.71. The molecule has 1 heterocycles. The van der Waals surface area contributed by atoms with E-state index < -0.39 is 30.7 Å². The quantitative estimate of drug-likeness (QED) is 0.759. The van der Waals surface area contributed by atoms with Crippen molar-refractivity contribution in [1.82, 2.24) is 5.32 Å². The van der Waals surface area contributed by atoms with E-state index in [4.69, 9.17) is 14.6 Å². The van der Waals surface area contributed by atoms with Crippen molar-refractivity contribution in [2.75, 3.05) is 19.8 Å². The summed E-state index contributed by atoms with van der Waals surface area (Å²) in [5.41, 5.74) is 0. The van der Waals surface area contributed by atoms with E-state index in [1.54, 1.807) is 0 Å². The number of hydrogen-bond acceptors (Lipinski definition) is 4. The zero-order valence-corrected chi connectivity index (χ0v) is 9.90. The Hall–Kier alpha value is -1.35. The van der Waals surface area contributed by atoms with Crippen LogP contribution in [0.1, 0.15) is 12.8 Å². The van der Waals surface area contributed by atoms with Crippen LogP contribution in [0.15, 0.2) is 0 Å². The molecule has 1 rings (SSSR count). The zero-order chi connectivity index (χ0) is 14.5. The fourth-order valence-corrected chi connectivity index (χ4v) is 1.49. The van der Waals surface area contributed by atoms with Gasteiger partial charge < -0.3 is 19.9 Å². The van der Waals surface area contributed by atoms with Gasteiger partial charge in [-0.1, -0.05) is 0 Å². The van der Waals surface area contributed by atoms with Gasteiger partial charge in [-0.05, 0) is 12.8 Å². The standard InChI is InChI=1S/C10H14F3NO5/c11-10(12,13)9(17)14-7(8(15)16)5-19-6-1-3-18-4-2-6/h6-7H,1-5H2,(H,14,17)(H,15,16)/t7-/m0/s1. The first kappa shape index (κ1) is 15.7. The van der Waals surface area contributed by atoms with Crippen molar-refractivity contribution < 1.29 is 37.3 Å². The van der Waals surface area contributed by atoms with Gasteiger partial charge in [0.15, 0.2) is 6.04 Å². The van der Waals surface area contributed by atoms with Crippen molar-refractivity contribution in [3.63, 3.8) is 0 Å². The largest absolute Gasteiger partial charge is 0.480 e. The van der Waals surface area contributed by atoms with Gasteiger partial charge in [0.05, 0.1) is 12.7 Å². The number of ether oxygens (including phenoxy) is 2. The molecule has 1 aliphatic heterocycles. The van der Waals surface area contributed by atoms with Crippen molar-refractivity contribution in [2.24, 2.45) is 0 Å². The number of alkyl halides is 3. The van der Waals surface area contributed by atoms with Gasteiger partial charge in [-0.15, -0.1) is 0 Å². The van der Waals surface area contributed by atoms with Crippen LogP contribution in [0.2, 0.25) is 0 Å². The minimum absolute atomic E-state index is 0.265. The molecule has 0 radical (unpaired) electrons. The Morgan fingerprint density at radius 3 is 2.42 bits per heavy atom. The average Bonchev–Trinajstić information content (AvgIpc) is 2.33. The molecule has 0 aromatic rings. The summed E-state index contributed by atoms with van der Waals surface area (Å²) in [5, 5.41) is 10.1. The fraction of sp³-hybridized carbons (Fsp3) is 0.800. The lowest BCUT2D eigenvalue weighted by molar-refractivity contribution is -0.176. The van der Waals surface area contributed by atoms with Gasteiger partial charge in [0.25, 0.3) is 0 Å². The Morgan fingerprint density at radius 1 is 1.37 bits per heavy atom. The van der Waals surface area contributed by atoms with E-state index in [2.05, 4.69) is 0 Å². The molecular weight excluding hydrogens is 271 g/mol. The number of carboxylic acid groups (broad SMARTS) is 1. The van der Waals surface area contributed by atoms with Gasteiger partial charge in [-0.3, -0.25) is 4.79 Å². The summed E-state index contributed by atoms with van der Waals surface area (Å²) < 4.78 is 46.2. The van der Waals surface area contributed by atoms with E-state index >= 15 is 0 Å². The number of halogens is 3. The van der Waals surface area contributed by atoms with Crippen LogP contribution in [0, 0.1) is 0 Å². The molecule has 0 unspecified atom stereocenters. The highest BCUT2D eigenvalue weighted by Crippen LogP contribution is 2.15. The number of carboxylic acids is 1. The van der Waals surface area contributed by atoms with Crippen LogP contribution >= 0.6 is 0 Å². The number of carbonyl (C=O) groups is 2. The lowest BCUT2D eigenvalue weighted by atomic mass is 10.1. The minimum atomic E-state index is -5.12. The number of carbonyl (C=O) groups excluding carboxylic acids is 1. The van der Waals surface area contributed by atoms with Crippen LogP contribution in [0.4, 0.5) is 13.2 Å². The highest BCUT2D eigenvalue weighted by Gasteiger charge is 2.41. The van der Waals surface area contributed by atoms with Gasteiger partial charge in [-0.2, -0.15) is 13.2 Å². The first-order chi connectivity index (χ1) is 8.80. The van der Waals surface area contributed by atoms with Crippen LogP contribution in [-0.4, -0.2) is 55.1 Å². The van der Waals surface area contributed by atoms with Crippen LogP contribution in [0.25, 0.3) is 0 Å². The molecule has 0 aromatic heterocycles. The Labute approximate surface area is 106 Å². The van der Waals surface area contributed by atoms with Gasteiger partial charge >= 0.3 is 18.1 Å². The molecule has 1 atom stereocenters. The number of aliphatic carboxylic acids is 1. The predicted octanol–water partition coefficient (Wildman–Crippen LogP) is 0.314. The maximum atomic E-state index is 12.0. The van der Waals surface area contributed by atoms with Gasteiger partial charge in [-0.25, -0.2) is 4.79 Å². The molecule has 0 spiro atoms. The molecule has 0 aromatic carbocycles. The zero-order valence-electron chi connectivity index (χ0n) is 9.90. The van der Waals surface area contributed by atoms with Crippen LogP contribution in [-0.2, 0) is 19.1 Å². The summed E-state index contributed by atoms with van der Waals surface area (Å²) >= 11 is 0. The molecule has 2 N–H and O–H groups in total. The Kier molecular flexibility index (Phi) is 5.55. The molecule has 110 valence electrons. The first-order valence-electron chi connectivity index (χ1n) is 5.60. The van der Waals surface area contributed by atoms with E-state index in [-0.39, 0.29) is 6.10 Å². The lowest BCUT2D eigenvalue weighted by Gasteiger charge is -2.24. The number of amides is 1. The minimum Gasteiger partial charge on any atom is -0.480 e. The number of nitrogens with one attached hydrogen (secondary N) is 1. The van der Waals surface area contributed by atoms with Gasteiger partial charge in [0.2, 0.25) is 0 Å². The van der Waals surface area contributed by atoms with Gasteiger partial charge in [0, 0.05) is 13.2 Å². The number of hydrogen-bond donors (Lipinski definition) is 2. The van der Waals surface area contributed by atoms with Gasteiger partial charge in [0.1, 0.15) is 0 Å². The average molecular weight is 285 g/mol. The third kappa shape index (κ3) is 5.43. The molecule has 9 heteroatoms. The second-order valence-electron chi connectivity index (χ2n) is 4.01. The molecule has 6 nitrogen and oxygen atoms in total. The van der Waals surface area contributed by atoms with Crippen LogP contribution in [0.3, 0.4) is 0 Å². The van der Waals surface area contributed by atoms with Crippen molar-refractivity contribution >= 4 is 11.9 Å². The summed E-state index contributed by atoms with van der Waals surface area (Å²) in [7, 11) is 0. The second-order valence-corrected chi connectivity index (χ2v) is 4.01. The summed E-state index contributed by atoms with van der Waals surface area (Å²) in [6.45, 7) is 0.399. The SMILES string of the molecule is O=C(O)[C@H](COC1CCOCC1)NC(=O)C(F)(F)F. The molecule has 1 saturated heterocycles. The van der Waals surface area contributed by atoms with E-state index in [0.717, 1.165) is 0 Å². The highest BCUT2D eigenvalue weighted by atomic mass is 19.4. The normalized spacial score (nSPS) is 18.9. The van der Waals surface area contributed by atoms with E-state index in [0.29, 0.717) is 26.1 Å². The third-order valence-electron chi connectivity index (χ3n) is 2.53. The monoisotopic (exact) mass is 285 g/mol. The predicted molar refractivity (Wildman–Crippen MR) is 55.4 cm³/mol. The smallest absolute Gasteiger partial charge is 0.471 e. The summed E-state index contributed by atoms with van der Waals surface area (Å²) in [6.07, 6.45) is -4.30. The third-order valence-corrected chi connectivity index (χ3v) is 2.53. The molecule has 19 heavy (non-hydrogen) atoms. The van der Waals surface area contributed by atoms with Crippen molar-refractivity contribution in [3.05, 3.63) is 0 Å². The Balaban J connectivity index is 2.44. The summed E-state index contributed by atoms with van der Waals surface area (Å²) in [4.78, 5) is 21.4. The van der Waals surface area contributed by atoms with E-state index in [1.807, 2.05) is 0 Å². The van der Waals surface area contributed by atoms with Crippen molar-refractivity contribution in [3.8, 4) is 0 Å². The van der Waals surface area contributed by atoms with Crippen molar-refractivity contribution in [2.45, 2.75) is 31.2 Å². The molecule has 1 fully saturated rings. The molecule has 0 bridgehead atoms. The Bertz CT molecular complexity index is 328. The molecule has 0 saturated carbocycles. The van der Waals surface area contributed by atoms with E-state index in [9.17, 15) is 22.8 Å². The molecule has 1 aliphatic rings. The van der Waals surface area contributed by atoms with Crippen LogP contribution < -0.4 is 5.32 Å². The summed E-state index contributed by atoms with van der Waals surface area (Å²) in [6, 6.07) is -1.73. The lowest BCUT2D eigenvalue weighted by Crippen LogP contribution is -2.49.